The van der Waals surface area contributed by atoms with Crippen LogP contribution in [0.4, 0.5) is 4.79 Å². The van der Waals surface area contributed by atoms with Gasteiger partial charge in [-0.3, -0.25) is 4.79 Å². The van der Waals surface area contributed by atoms with Crippen molar-refractivity contribution in [1.82, 2.24) is 19.6 Å². The zero-order chi connectivity index (χ0) is 18.3. The number of likely N-dealkylation sites (tertiary alicyclic amines) is 1. The fraction of sp³-hybridized carbons (Fsp3) is 0.235. The zero-order valence-corrected chi connectivity index (χ0v) is 14.4. The van der Waals surface area contributed by atoms with Crippen molar-refractivity contribution in [3.8, 4) is 0 Å². The molecule has 3 aromatic heterocycles. The quantitative estimate of drug-likeness (QED) is 0.643. The second kappa shape index (κ2) is 6.11. The molecule has 3 N–H and O–H groups in total. The monoisotopic (exact) mass is 372 g/mol. The molecule has 1 aliphatic rings. The average Bonchev–Trinajstić information content (AvgIpc) is 3.25. The van der Waals surface area contributed by atoms with Crippen LogP contribution in [0, 0.1) is 0 Å². The molecule has 0 unspecified atom stereocenters. The van der Waals surface area contributed by atoms with E-state index in [1.807, 2.05) is 28.9 Å². The van der Waals surface area contributed by atoms with Gasteiger partial charge in [-0.1, -0.05) is 0 Å². The summed E-state index contributed by atoms with van der Waals surface area (Å²) in [4.78, 5) is 29.6. The van der Waals surface area contributed by atoms with Gasteiger partial charge in [0.15, 0.2) is 0 Å². The van der Waals surface area contributed by atoms with Crippen LogP contribution < -0.4 is 5.32 Å². The minimum atomic E-state index is -1.20. The van der Waals surface area contributed by atoms with Crippen molar-refractivity contribution in [2.24, 2.45) is 0 Å². The van der Waals surface area contributed by atoms with E-state index in [4.69, 9.17) is 5.11 Å². The van der Waals surface area contributed by atoms with Gasteiger partial charge >= 0.3 is 6.09 Å². The standard InChI is InChI=1S/C17H16N4O4S/c22-15(19-8-11-3-5-20-6-4-18-14(20)7-11)12-1-2-13(26-12)17(25)9-21(10-17)16(23)24/h1-7,25H,8-10H2,(H,19,22)(H,23,24). The Morgan fingerprint density at radius 1 is 1.27 bits per heavy atom. The lowest BCUT2D eigenvalue weighted by Gasteiger charge is -2.44. The summed E-state index contributed by atoms with van der Waals surface area (Å²) in [6, 6.07) is 7.13. The summed E-state index contributed by atoms with van der Waals surface area (Å²) in [5, 5.41) is 22.2. The number of aromatic nitrogens is 2. The number of nitrogens with zero attached hydrogens (tertiary/aromatic N) is 3. The van der Waals surface area contributed by atoms with Crippen LogP contribution in [0.3, 0.4) is 0 Å². The van der Waals surface area contributed by atoms with Gasteiger partial charge in [0, 0.05) is 30.0 Å². The molecule has 0 spiro atoms. The van der Waals surface area contributed by atoms with Gasteiger partial charge in [-0.25, -0.2) is 9.78 Å². The highest BCUT2D eigenvalue weighted by Gasteiger charge is 2.46. The summed E-state index contributed by atoms with van der Waals surface area (Å²) in [5.41, 5.74) is 0.543. The van der Waals surface area contributed by atoms with Crippen molar-refractivity contribution in [2.75, 3.05) is 13.1 Å². The molecule has 3 aromatic rings. The maximum absolute atomic E-state index is 12.3. The molecule has 4 rings (SSSR count). The number of fused-ring (bicyclic) bond motifs is 1. The Hall–Kier alpha value is -2.91. The summed E-state index contributed by atoms with van der Waals surface area (Å²) in [7, 11) is 0. The van der Waals surface area contributed by atoms with E-state index in [-0.39, 0.29) is 19.0 Å². The molecule has 0 atom stereocenters. The number of carbonyl (C=O) groups is 2. The number of pyridine rings is 1. The first kappa shape index (κ1) is 16.6. The number of imidazole rings is 1. The van der Waals surface area contributed by atoms with E-state index in [0.29, 0.717) is 16.3 Å². The van der Waals surface area contributed by atoms with Crippen molar-refractivity contribution >= 4 is 29.0 Å². The number of hydrogen-bond acceptors (Lipinski definition) is 5. The van der Waals surface area contributed by atoms with E-state index in [1.54, 1.807) is 18.3 Å². The Labute approximate surface area is 152 Å². The number of nitrogens with one attached hydrogen (secondary N) is 1. The van der Waals surface area contributed by atoms with Crippen LogP contribution in [-0.4, -0.2) is 49.6 Å². The second-order valence-electron chi connectivity index (χ2n) is 6.24. The molecule has 0 radical (unpaired) electrons. The first-order chi connectivity index (χ1) is 12.4. The number of aliphatic hydroxyl groups is 1. The van der Waals surface area contributed by atoms with E-state index in [9.17, 15) is 14.7 Å². The van der Waals surface area contributed by atoms with Crippen molar-refractivity contribution < 1.29 is 19.8 Å². The van der Waals surface area contributed by atoms with Crippen molar-refractivity contribution in [1.29, 1.82) is 0 Å². The molecule has 1 saturated heterocycles. The molecule has 0 aromatic carbocycles. The van der Waals surface area contributed by atoms with Gasteiger partial charge in [0.05, 0.1) is 18.0 Å². The zero-order valence-electron chi connectivity index (χ0n) is 13.6. The molecular weight excluding hydrogens is 356 g/mol. The number of carboxylic acid groups (broad SMARTS) is 1. The molecule has 8 nitrogen and oxygen atoms in total. The van der Waals surface area contributed by atoms with Gasteiger partial charge < -0.3 is 24.8 Å². The van der Waals surface area contributed by atoms with Crippen LogP contribution >= 0.6 is 11.3 Å². The normalized spacial score (nSPS) is 15.7. The lowest BCUT2D eigenvalue weighted by Crippen LogP contribution is -2.60. The molecule has 9 heteroatoms. The number of rotatable bonds is 4. The van der Waals surface area contributed by atoms with Gasteiger partial charge in [0.25, 0.3) is 5.91 Å². The molecule has 0 saturated carbocycles. The lowest BCUT2D eigenvalue weighted by atomic mass is 9.93. The summed E-state index contributed by atoms with van der Waals surface area (Å²) < 4.78 is 1.89. The average molecular weight is 372 g/mol. The number of thiophene rings is 1. The maximum Gasteiger partial charge on any atom is 0.407 e. The lowest BCUT2D eigenvalue weighted by molar-refractivity contribution is -0.0872. The van der Waals surface area contributed by atoms with Gasteiger partial charge in [-0.2, -0.15) is 0 Å². The van der Waals surface area contributed by atoms with Crippen LogP contribution in [-0.2, 0) is 12.1 Å². The van der Waals surface area contributed by atoms with Crippen molar-refractivity contribution in [3.05, 3.63) is 58.2 Å². The Kier molecular flexibility index (Phi) is 3.89. The minimum absolute atomic E-state index is 0.0221. The Morgan fingerprint density at radius 2 is 2.08 bits per heavy atom. The SMILES string of the molecule is O=C(NCc1ccn2ccnc2c1)c1ccc(C2(O)CN(C(=O)O)C2)s1. The van der Waals surface area contributed by atoms with E-state index < -0.39 is 11.7 Å². The number of β-amino-alcohol motifs (C(OH)–C–C–N with tert-alkyl or cyclic N) is 1. The molecule has 2 amide bonds. The topological polar surface area (TPSA) is 107 Å². The van der Waals surface area contributed by atoms with Gasteiger partial charge in [-0.15, -0.1) is 11.3 Å². The number of hydrogen-bond donors (Lipinski definition) is 3. The Morgan fingerprint density at radius 3 is 2.85 bits per heavy atom. The fourth-order valence-electron chi connectivity index (χ4n) is 2.92. The maximum atomic E-state index is 12.3. The van der Waals surface area contributed by atoms with Crippen LogP contribution in [0.5, 0.6) is 0 Å². The van der Waals surface area contributed by atoms with Crippen LogP contribution in [0.15, 0.2) is 42.9 Å². The highest BCUT2D eigenvalue weighted by atomic mass is 32.1. The second-order valence-corrected chi connectivity index (χ2v) is 7.33. The third-order valence-corrected chi connectivity index (χ3v) is 5.66. The van der Waals surface area contributed by atoms with Gasteiger partial charge in [-0.05, 0) is 29.8 Å². The van der Waals surface area contributed by atoms with Crippen molar-refractivity contribution in [3.63, 3.8) is 0 Å². The van der Waals surface area contributed by atoms with Crippen LogP contribution in [0.25, 0.3) is 5.65 Å². The highest BCUT2D eigenvalue weighted by molar-refractivity contribution is 7.14. The molecule has 1 aliphatic heterocycles. The molecule has 4 heterocycles. The summed E-state index contributed by atoms with van der Waals surface area (Å²) in [6.07, 6.45) is 4.38. The predicted molar refractivity (Wildman–Crippen MR) is 94.2 cm³/mol. The van der Waals surface area contributed by atoms with Gasteiger partial charge in [0.1, 0.15) is 11.2 Å². The van der Waals surface area contributed by atoms with Crippen molar-refractivity contribution in [2.45, 2.75) is 12.1 Å². The predicted octanol–water partition coefficient (Wildman–Crippen LogP) is 1.51. The minimum Gasteiger partial charge on any atom is -0.465 e. The first-order valence-electron chi connectivity index (χ1n) is 7.95. The molecule has 1 fully saturated rings. The molecule has 134 valence electrons. The molecule has 0 bridgehead atoms. The Bertz CT molecular complexity index is 989. The fourth-order valence-corrected chi connectivity index (χ4v) is 3.91. The Balaban J connectivity index is 1.39. The number of carbonyl (C=O) groups excluding carboxylic acids is 1. The molecule has 0 aliphatic carbocycles. The highest BCUT2D eigenvalue weighted by Crippen LogP contribution is 2.36. The largest absolute Gasteiger partial charge is 0.465 e. The third-order valence-electron chi connectivity index (χ3n) is 4.38. The number of amides is 2. The third kappa shape index (κ3) is 2.91. The summed E-state index contributed by atoms with van der Waals surface area (Å²) >= 11 is 1.18. The van der Waals surface area contributed by atoms with E-state index in [0.717, 1.165) is 16.1 Å². The smallest absolute Gasteiger partial charge is 0.407 e. The van der Waals surface area contributed by atoms with E-state index in [1.165, 1.54) is 11.3 Å². The molecule has 26 heavy (non-hydrogen) atoms. The first-order valence-corrected chi connectivity index (χ1v) is 8.77. The van der Waals surface area contributed by atoms with Gasteiger partial charge in [0.2, 0.25) is 0 Å². The van der Waals surface area contributed by atoms with E-state index >= 15 is 0 Å². The van der Waals surface area contributed by atoms with Crippen LogP contribution in [0.1, 0.15) is 20.1 Å². The summed E-state index contributed by atoms with van der Waals surface area (Å²) in [6.45, 7) is 0.412. The molecular formula is C17H16N4O4S. The summed E-state index contributed by atoms with van der Waals surface area (Å²) in [5.74, 6) is -0.234. The van der Waals surface area contributed by atoms with E-state index in [2.05, 4.69) is 10.3 Å². The van der Waals surface area contributed by atoms with Crippen LogP contribution in [0.2, 0.25) is 0 Å².